The lowest BCUT2D eigenvalue weighted by Gasteiger charge is -2.20. The third-order valence-electron chi connectivity index (χ3n) is 3.32. The van der Waals surface area contributed by atoms with Crippen LogP contribution < -0.4 is 5.32 Å². The fraction of sp³-hybridized carbons (Fsp3) is 0.625. The van der Waals surface area contributed by atoms with Crippen LogP contribution in [0.1, 0.15) is 64.0 Å². The SMILES string of the molecule is CCCCCCC(NCCC)c1cc(F)ccc1Br. The summed E-state index contributed by atoms with van der Waals surface area (Å²) in [6.45, 7) is 5.35. The maximum absolute atomic E-state index is 13.4. The monoisotopic (exact) mass is 329 g/mol. The molecule has 0 saturated carbocycles. The average molecular weight is 330 g/mol. The summed E-state index contributed by atoms with van der Waals surface area (Å²) in [6, 6.07) is 5.21. The van der Waals surface area contributed by atoms with Gasteiger partial charge in [-0.1, -0.05) is 55.5 Å². The second-order valence-corrected chi connectivity index (χ2v) is 5.88. The van der Waals surface area contributed by atoms with Gasteiger partial charge >= 0.3 is 0 Å². The predicted octanol–water partition coefficient (Wildman–Crippen LogP) is 5.60. The van der Waals surface area contributed by atoms with Gasteiger partial charge in [0.1, 0.15) is 5.82 Å². The van der Waals surface area contributed by atoms with Crippen molar-refractivity contribution < 1.29 is 4.39 Å². The lowest BCUT2D eigenvalue weighted by Crippen LogP contribution is -2.22. The third kappa shape index (κ3) is 6.05. The van der Waals surface area contributed by atoms with Crippen molar-refractivity contribution in [2.75, 3.05) is 6.54 Å². The van der Waals surface area contributed by atoms with Gasteiger partial charge in [-0.3, -0.25) is 0 Å². The lowest BCUT2D eigenvalue weighted by molar-refractivity contribution is 0.467. The first-order valence-corrected chi connectivity index (χ1v) is 8.16. The van der Waals surface area contributed by atoms with Gasteiger partial charge in [0.25, 0.3) is 0 Å². The van der Waals surface area contributed by atoms with Gasteiger partial charge in [-0.2, -0.15) is 0 Å². The Morgan fingerprint density at radius 1 is 1.16 bits per heavy atom. The maximum Gasteiger partial charge on any atom is 0.123 e. The molecule has 1 aromatic carbocycles. The molecule has 0 aliphatic heterocycles. The second kappa shape index (κ2) is 9.49. The molecular weight excluding hydrogens is 305 g/mol. The van der Waals surface area contributed by atoms with Gasteiger partial charge in [0.2, 0.25) is 0 Å². The van der Waals surface area contributed by atoms with Crippen LogP contribution in [-0.2, 0) is 0 Å². The molecule has 0 amide bonds. The summed E-state index contributed by atoms with van der Waals surface area (Å²) in [5.41, 5.74) is 1.05. The standard InChI is InChI=1S/C16H25BrFN/c1-3-5-6-7-8-16(19-11-4-2)14-12-13(18)9-10-15(14)17/h9-10,12,16,19H,3-8,11H2,1-2H3. The van der Waals surface area contributed by atoms with E-state index in [-0.39, 0.29) is 11.9 Å². The molecule has 0 fully saturated rings. The van der Waals surface area contributed by atoms with Crippen LogP contribution >= 0.6 is 15.9 Å². The Hall–Kier alpha value is -0.410. The fourth-order valence-corrected chi connectivity index (χ4v) is 2.77. The van der Waals surface area contributed by atoms with E-state index in [9.17, 15) is 4.39 Å². The van der Waals surface area contributed by atoms with Crippen LogP contribution in [-0.4, -0.2) is 6.54 Å². The normalized spacial score (nSPS) is 12.6. The van der Waals surface area contributed by atoms with E-state index in [1.165, 1.54) is 31.7 Å². The molecule has 0 heterocycles. The number of halogens is 2. The summed E-state index contributed by atoms with van der Waals surface area (Å²) in [7, 11) is 0. The molecule has 108 valence electrons. The molecule has 0 aliphatic rings. The molecule has 0 aliphatic carbocycles. The van der Waals surface area contributed by atoms with Crippen LogP contribution in [0.15, 0.2) is 22.7 Å². The molecule has 1 unspecified atom stereocenters. The van der Waals surface area contributed by atoms with E-state index in [0.717, 1.165) is 29.4 Å². The first kappa shape index (κ1) is 16.6. The van der Waals surface area contributed by atoms with E-state index in [0.29, 0.717) is 0 Å². The minimum Gasteiger partial charge on any atom is -0.310 e. The Labute approximate surface area is 125 Å². The van der Waals surface area contributed by atoms with Crippen LogP contribution in [0.3, 0.4) is 0 Å². The van der Waals surface area contributed by atoms with Crippen molar-refractivity contribution in [3.8, 4) is 0 Å². The zero-order valence-corrected chi connectivity index (χ0v) is 13.6. The molecule has 1 rings (SSSR count). The second-order valence-electron chi connectivity index (χ2n) is 5.02. The molecule has 1 N–H and O–H groups in total. The Morgan fingerprint density at radius 2 is 1.95 bits per heavy atom. The van der Waals surface area contributed by atoms with Crippen molar-refractivity contribution in [3.63, 3.8) is 0 Å². The van der Waals surface area contributed by atoms with Crippen molar-refractivity contribution in [2.24, 2.45) is 0 Å². The molecule has 0 spiro atoms. The van der Waals surface area contributed by atoms with Gasteiger partial charge < -0.3 is 5.32 Å². The Balaban J connectivity index is 2.68. The number of rotatable bonds is 9. The molecular formula is C16H25BrFN. The Bertz CT molecular complexity index is 368. The highest BCUT2D eigenvalue weighted by molar-refractivity contribution is 9.10. The summed E-state index contributed by atoms with van der Waals surface area (Å²) in [5.74, 6) is -0.157. The van der Waals surface area contributed by atoms with E-state index in [2.05, 4.69) is 35.1 Å². The van der Waals surface area contributed by atoms with Gasteiger partial charge in [-0.25, -0.2) is 4.39 Å². The van der Waals surface area contributed by atoms with Gasteiger partial charge in [-0.05, 0) is 43.1 Å². The van der Waals surface area contributed by atoms with Crippen molar-refractivity contribution in [1.29, 1.82) is 0 Å². The van der Waals surface area contributed by atoms with Crippen LogP contribution in [0.2, 0.25) is 0 Å². The van der Waals surface area contributed by atoms with Crippen LogP contribution in [0, 0.1) is 5.82 Å². The topological polar surface area (TPSA) is 12.0 Å². The van der Waals surface area contributed by atoms with Crippen molar-refractivity contribution in [3.05, 3.63) is 34.1 Å². The molecule has 1 aromatic rings. The van der Waals surface area contributed by atoms with Crippen LogP contribution in [0.25, 0.3) is 0 Å². The molecule has 1 nitrogen and oxygen atoms in total. The molecule has 1 atom stereocenters. The Kier molecular flexibility index (Phi) is 8.31. The van der Waals surface area contributed by atoms with E-state index >= 15 is 0 Å². The smallest absolute Gasteiger partial charge is 0.123 e. The van der Waals surface area contributed by atoms with Crippen molar-refractivity contribution >= 4 is 15.9 Å². The fourth-order valence-electron chi connectivity index (χ4n) is 2.24. The molecule has 0 aromatic heterocycles. The minimum atomic E-state index is -0.157. The van der Waals surface area contributed by atoms with E-state index in [1.807, 2.05) is 0 Å². The third-order valence-corrected chi connectivity index (χ3v) is 4.04. The predicted molar refractivity (Wildman–Crippen MR) is 83.9 cm³/mol. The van der Waals surface area contributed by atoms with Gasteiger partial charge in [-0.15, -0.1) is 0 Å². The average Bonchev–Trinajstić information content (AvgIpc) is 2.41. The van der Waals surface area contributed by atoms with Crippen molar-refractivity contribution in [2.45, 2.75) is 58.4 Å². The zero-order chi connectivity index (χ0) is 14.1. The highest BCUT2D eigenvalue weighted by Crippen LogP contribution is 2.28. The molecule has 3 heteroatoms. The summed E-state index contributed by atoms with van der Waals surface area (Å²) in [5, 5.41) is 3.53. The first-order valence-electron chi connectivity index (χ1n) is 7.37. The molecule has 0 saturated heterocycles. The summed E-state index contributed by atoms with van der Waals surface area (Å²) < 4.78 is 14.4. The number of nitrogens with one attached hydrogen (secondary N) is 1. The summed E-state index contributed by atoms with van der Waals surface area (Å²) in [6.07, 6.45) is 7.15. The largest absolute Gasteiger partial charge is 0.310 e. The van der Waals surface area contributed by atoms with Crippen molar-refractivity contribution in [1.82, 2.24) is 5.32 Å². The highest BCUT2D eigenvalue weighted by atomic mass is 79.9. The maximum atomic E-state index is 13.4. The number of hydrogen-bond donors (Lipinski definition) is 1. The number of unbranched alkanes of at least 4 members (excludes halogenated alkanes) is 3. The van der Waals surface area contributed by atoms with E-state index < -0.39 is 0 Å². The van der Waals surface area contributed by atoms with E-state index in [4.69, 9.17) is 0 Å². The van der Waals surface area contributed by atoms with Crippen LogP contribution in [0.4, 0.5) is 4.39 Å². The molecule has 0 radical (unpaired) electrons. The van der Waals surface area contributed by atoms with Crippen LogP contribution in [0.5, 0.6) is 0 Å². The van der Waals surface area contributed by atoms with E-state index in [1.54, 1.807) is 12.1 Å². The quantitative estimate of drug-likeness (QED) is 0.581. The number of benzene rings is 1. The lowest BCUT2D eigenvalue weighted by atomic mass is 9.99. The number of hydrogen-bond acceptors (Lipinski definition) is 1. The molecule has 0 bridgehead atoms. The summed E-state index contributed by atoms with van der Waals surface area (Å²) in [4.78, 5) is 0. The minimum absolute atomic E-state index is 0.157. The molecule has 19 heavy (non-hydrogen) atoms. The highest BCUT2D eigenvalue weighted by Gasteiger charge is 2.14. The van der Waals surface area contributed by atoms with Gasteiger partial charge in [0.15, 0.2) is 0 Å². The van der Waals surface area contributed by atoms with Gasteiger partial charge in [0.05, 0.1) is 0 Å². The zero-order valence-electron chi connectivity index (χ0n) is 12.0. The first-order chi connectivity index (χ1) is 9.19. The van der Waals surface area contributed by atoms with Gasteiger partial charge in [0, 0.05) is 10.5 Å². The summed E-state index contributed by atoms with van der Waals surface area (Å²) >= 11 is 3.54. The Morgan fingerprint density at radius 3 is 2.63 bits per heavy atom.